The molecule has 0 amide bonds. The highest BCUT2D eigenvalue weighted by atomic mass is 35.5. The van der Waals surface area contributed by atoms with Crippen molar-refractivity contribution in [3.05, 3.63) is 35.1 Å². The van der Waals surface area contributed by atoms with Crippen LogP contribution in [0.2, 0.25) is 5.02 Å². The second-order valence-corrected chi connectivity index (χ2v) is 4.84. The molecule has 21 heavy (non-hydrogen) atoms. The van der Waals surface area contributed by atoms with Gasteiger partial charge in [-0.15, -0.1) is 0 Å². The Morgan fingerprint density at radius 2 is 1.90 bits per heavy atom. The number of nitrogens with zero attached hydrogens (tertiary/aromatic N) is 2. The van der Waals surface area contributed by atoms with Crippen molar-refractivity contribution in [3.8, 4) is 5.75 Å². The van der Waals surface area contributed by atoms with Crippen LogP contribution in [0.3, 0.4) is 0 Å². The second-order valence-electron chi connectivity index (χ2n) is 4.41. The number of hydrogen-bond acceptors (Lipinski definition) is 5. The molecule has 0 saturated heterocycles. The molecule has 1 aromatic heterocycles. The van der Waals surface area contributed by atoms with Crippen molar-refractivity contribution in [1.82, 2.24) is 9.97 Å². The van der Waals surface area contributed by atoms with Gasteiger partial charge in [-0.3, -0.25) is 0 Å². The van der Waals surface area contributed by atoms with E-state index in [4.69, 9.17) is 16.3 Å². The molecular formula is C15H19ClN4O. The summed E-state index contributed by atoms with van der Waals surface area (Å²) in [6.45, 7) is 4.86. The molecule has 2 aromatic rings. The summed E-state index contributed by atoms with van der Waals surface area (Å²) in [7, 11) is 1.62. The average Bonchev–Trinajstić information content (AvgIpc) is 2.47. The molecule has 1 heterocycles. The first-order valence-corrected chi connectivity index (χ1v) is 7.26. The number of benzene rings is 1. The molecule has 6 heteroatoms. The third-order valence-electron chi connectivity index (χ3n) is 2.87. The van der Waals surface area contributed by atoms with Gasteiger partial charge in [0, 0.05) is 24.1 Å². The highest BCUT2D eigenvalue weighted by Crippen LogP contribution is 2.30. The molecule has 0 atom stereocenters. The van der Waals surface area contributed by atoms with Crippen LogP contribution in [-0.2, 0) is 6.42 Å². The van der Waals surface area contributed by atoms with Gasteiger partial charge in [-0.05, 0) is 25.1 Å². The maximum absolute atomic E-state index is 6.04. The summed E-state index contributed by atoms with van der Waals surface area (Å²) in [5.41, 5.74) is 0.771. The third kappa shape index (κ3) is 3.98. The Morgan fingerprint density at radius 1 is 1.14 bits per heavy atom. The molecule has 0 saturated carbocycles. The van der Waals surface area contributed by atoms with E-state index in [1.165, 1.54) is 0 Å². The quantitative estimate of drug-likeness (QED) is 0.848. The second kappa shape index (κ2) is 7.13. The summed E-state index contributed by atoms with van der Waals surface area (Å²) in [5.74, 6) is 2.99. The lowest BCUT2D eigenvalue weighted by Gasteiger charge is -2.13. The molecule has 0 aliphatic carbocycles. The lowest BCUT2D eigenvalue weighted by molar-refractivity contribution is 0.417. The van der Waals surface area contributed by atoms with E-state index in [1.54, 1.807) is 19.2 Å². The molecule has 2 N–H and O–H groups in total. The molecule has 5 nitrogen and oxygen atoms in total. The van der Waals surface area contributed by atoms with Crippen LogP contribution in [0.25, 0.3) is 0 Å². The van der Waals surface area contributed by atoms with Gasteiger partial charge in [0.15, 0.2) is 0 Å². The van der Waals surface area contributed by atoms with Crippen LogP contribution in [-0.4, -0.2) is 23.6 Å². The predicted octanol–water partition coefficient (Wildman–Crippen LogP) is 3.88. The van der Waals surface area contributed by atoms with Crippen LogP contribution >= 0.6 is 11.6 Å². The van der Waals surface area contributed by atoms with Gasteiger partial charge in [-0.1, -0.05) is 18.5 Å². The van der Waals surface area contributed by atoms with E-state index in [9.17, 15) is 0 Å². The van der Waals surface area contributed by atoms with Crippen molar-refractivity contribution in [2.45, 2.75) is 20.3 Å². The van der Waals surface area contributed by atoms with E-state index in [0.717, 1.165) is 30.3 Å². The molecule has 112 valence electrons. The molecule has 2 rings (SSSR count). The SMILES string of the molecule is CCNc1cc(Nc2cc(Cl)ccc2OC)nc(CC)n1. The van der Waals surface area contributed by atoms with Crippen molar-refractivity contribution >= 4 is 28.9 Å². The van der Waals surface area contributed by atoms with Gasteiger partial charge in [-0.25, -0.2) is 9.97 Å². The highest BCUT2D eigenvalue weighted by molar-refractivity contribution is 6.31. The van der Waals surface area contributed by atoms with Crippen molar-refractivity contribution in [2.75, 3.05) is 24.3 Å². The normalized spacial score (nSPS) is 10.3. The number of aryl methyl sites for hydroxylation is 1. The lowest BCUT2D eigenvalue weighted by atomic mass is 10.3. The minimum atomic E-state index is 0.634. The molecule has 0 fully saturated rings. The third-order valence-corrected chi connectivity index (χ3v) is 3.11. The predicted molar refractivity (Wildman–Crippen MR) is 86.9 cm³/mol. The smallest absolute Gasteiger partial charge is 0.142 e. The number of ether oxygens (including phenoxy) is 1. The summed E-state index contributed by atoms with van der Waals surface area (Å²) in [5, 5.41) is 7.07. The molecule has 0 radical (unpaired) electrons. The van der Waals surface area contributed by atoms with Gasteiger partial charge < -0.3 is 15.4 Å². The zero-order valence-electron chi connectivity index (χ0n) is 12.4. The van der Waals surface area contributed by atoms with E-state index >= 15 is 0 Å². The summed E-state index contributed by atoms with van der Waals surface area (Å²) < 4.78 is 5.33. The summed E-state index contributed by atoms with van der Waals surface area (Å²) >= 11 is 6.04. The summed E-state index contributed by atoms with van der Waals surface area (Å²) in [4.78, 5) is 8.90. The van der Waals surface area contributed by atoms with Crippen molar-refractivity contribution in [3.63, 3.8) is 0 Å². The Kier molecular flexibility index (Phi) is 5.22. The zero-order valence-corrected chi connectivity index (χ0v) is 13.2. The van der Waals surface area contributed by atoms with Gasteiger partial charge in [-0.2, -0.15) is 0 Å². The standard InChI is InChI=1S/C15H19ClN4O/c1-4-13-19-14(17-5-2)9-15(20-13)18-11-8-10(16)6-7-12(11)21-3/h6-9H,4-5H2,1-3H3,(H2,17,18,19,20). The van der Waals surface area contributed by atoms with Gasteiger partial charge >= 0.3 is 0 Å². The maximum atomic E-state index is 6.04. The fourth-order valence-corrected chi connectivity index (χ4v) is 2.08. The van der Waals surface area contributed by atoms with Crippen LogP contribution in [0.5, 0.6) is 5.75 Å². The van der Waals surface area contributed by atoms with Crippen LogP contribution in [0.4, 0.5) is 17.3 Å². The van der Waals surface area contributed by atoms with Gasteiger partial charge in [0.05, 0.1) is 12.8 Å². The Bertz CT molecular complexity index is 619. The summed E-state index contributed by atoms with van der Waals surface area (Å²) in [6.07, 6.45) is 0.764. The van der Waals surface area contributed by atoms with Crippen LogP contribution < -0.4 is 15.4 Å². The first-order valence-electron chi connectivity index (χ1n) is 6.88. The van der Waals surface area contributed by atoms with Gasteiger partial charge in [0.2, 0.25) is 0 Å². The molecule has 0 aliphatic heterocycles. The summed E-state index contributed by atoms with van der Waals surface area (Å²) in [6, 6.07) is 7.27. The lowest BCUT2D eigenvalue weighted by Crippen LogP contribution is -2.06. The van der Waals surface area contributed by atoms with E-state index in [-0.39, 0.29) is 0 Å². The number of hydrogen-bond donors (Lipinski definition) is 2. The molecule has 0 spiro atoms. The minimum absolute atomic E-state index is 0.634. The van der Waals surface area contributed by atoms with Crippen LogP contribution in [0, 0.1) is 0 Å². The molecule has 0 bridgehead atoms. The number of anilines is 3. The largest absolute Gasteiger partial charge is 0.495 e. The number of methoxy groups -OCH3 is 1. The minimum Gasteiger partial charge on any atom is -0.495 e. The maximum Gasteiger partial charge on any atom is 0.142 e. The number of aromatic nitrogens is 2. The van der Waals surface area contributed by atoms with Crippen molar-refractivity contribution in [2.24, 2.45) is 0 Å². The van der Waals surface area contributed by atoms with E-state index in [1.807, 2.05) is 26.0 Å². The Labute approximate surface area is 129 Å². The topological polar surface area (TPSA) is 59.1 Å². The fourth-order valence-electron chi connectivity index (χ4n) is 1.91. The monoisotopic (exact) mass is 306 g/mol. The van der Waals surface area contributed by atoms with Crippen LogP contribution in [0.1, 0.15) is 19.7 Å². The Morgan fingerprint density at radius 3 is 2.57 bits per heavy atom. The van der Waals surface area contributed by atoms with E-state index < -0.39 is 0 Å². The number of rotatable bonds is 6. The van der Waals surface area contributed by atoms with Crippen molar-refractivity contribution in [1.29, 1.82) is 0 Å². The molecule has 0 aliphatic rings. The first kappa shape index (κ1) is 15.4. The number of nitrogens with one attached hydrogen (secondary N) is 2. The van der Waals surface area contributed by atoms with Crippen molar-refractivity contribution < 1.29 is 4.74 Å². The highest BCUT2D eigenvalue weighted by Gasteiger charge is 2.08. The van der Waals surface area contributed by atoms with Gasteiger partial charge in [0.1, 0.15) is 23.2 Å². The van der Waals surface area contributed by atoms with E-state index in [0.29, 0.717) is 16.6 Å². The van der Waals surface area contributed by atoms with E-state index in [2.05, 4.69) is 20.6 Å². The Balaban J connectivity index is 2.34. The molecular weight excluding hydrogens is 288 g/mol. The molecule has 1 aromatic carbocycles. The van der Waals surface area contributed by atoms with Crippen LogP contribution in [0.15, 0.2) is 24.3 Å². The van der Waals surface area contributed by atoms with Gasteiger partial charge in [0.25, 0.3) is 0 Å². The first-order chi connectivity index (χ1) is 10.2. The number of halogens is 1. The average molecular weight is 307 g/mol. The molecule has 0 unspecified atom stereocenters. The Hall–Kier alpha value is -2.01. The zero-order chi connectivity index (χ0) is 15.2. The fraction of sp³-hybridized carbons (Fsp3) is 0.333.